The van der Waals surface area contributed by atoms with Crippen LogP contribution in [-0.2, 0) is 9.59 Å². The number of nitrogens with one attached hydrogen (secondary N) is 3. The average molecular weight is 278 g/mol. The van der Waals surface area contributed by atoms with Crippen LogP contribution >= 0.6 is 0 Å². The SMILES string of the molecule is Cc1cc(C)cc(NC(=O)C(=O)NCCC[NH+](C)C)c1. The summed E-state index contributed by atoms with van der Waals surface area (Å²) in [6.45, 7) is 5.38. The maximum Gasteiger partial charge on any atom is 0.313 e. The summed E-state index contributed by atoms with van der Waals surface area (Å²) in [5.41, 5.74) is 2.75. The van der Waals surface area contributed by atoms with Crippen LogP contribution in [0.2, 0.25) is 0 Å². The molecule has 0 unspecified atom stereocenters. The van der Waals surface area contributed by atoms with Crippen LogP contribution in [0.5, 0.6) is 0 Å². The van der Waals surface area contributed by atoms with Gasteiger partial charge in [-0.2, -0.15) is 0 Å². The van der Waals surface area contributed by atoms with Gasteiger partial charge >= 0.3 is 11.8 Å². The van der Waals surface area contributed by atoms with Crippen LogP contribution in [-0.4, -0.2) is 39.0 Å². The lowest BCUT2D eigenvalue weighted by Crippen LogP contribution is -3.05. The van der Waals surface area contributed by atoms with E-state index in [1.165, 1.54) is 4.90 Å². The highest BCUT2D eigenvalue weighted by Crippen LogP contribution is 2.13. The molecular formula is C15H24N3O2+. The fraction of sp³-hybridized carbons (Fsp3) is 0.467. The van der Waals surface area contributed by atoms with Gasteiger partial charge in [-0.1, -0.05) is 6.07 Å². The van der Waals surface area contributed by atoms with E-state index in [2.05, 4.69) is 24.7 Å². The first kappa shape index (κ1) is 16.2. The van der Waals surface area contributed by atoms with Crippen LogP contribution in [0.15, 0.2) is 18.2 Å². The number of hydrogen-bond acceptors (Lipinski definition) is 2. The Morgan fingerprint density at radius 3 is 2.20 bits per heavy atom. The smallest absolute Gasteiger partial charge is 0.313 e. The molecule has 110 valence electrons. The van der Waals surface area contributed by atoms with E-state index in [9.17, 15) is 9.59 Å². The van der Waals surface area contributed by atoms with Crippen molar-refractivity contribution in [2.45, 2.75) is 20.3 Å². The third-order valence-corrected chi connectivity index (χ3v) is 2.82. The van der Waals surface area contributed by atoms with Crippen molar-refractivity contribution >= 4 is 17.5 Å². The summed E-state index contributed by atoms with van der Waals surface area (Å²) < 4.78 is 0. The van der Waals surface area contributed by atoms with Crippen LogP contribution in [0.3, 0.4) is 0 Å². The molecule has 3 N–H and O–H groups in total. The number of carbonyl (C=O) groups excluding carboxylic acids is 2. The highest BCUT2D eigenvalue weighted by molar-refractivity contribution is 6.39. The minimum Gasteiger partial charge on any atom is -0.348 e. The van der Waals surface area contributed by atoms with Gasteiger partial charge in [0.05, 0.1) is 20.6 Å². The summed E-state index contributed by atoms with van der Waals surface area (Å²) in [6, 6.07) is 5.69. The van der Waals surface area contributed by atoms with Gasteiger partial charge in [-0.25, -0.2) is 0 Å². The molecule has 0 saturated carbocycles. The summed E-state index contributed by atoms with van der Waals surface area (Å²) in [7, 11) is 4.10. The van der Waals surface area contributed by atoms with Crippen molar-refractivity contribution in [2.75, 3.05) is 32.5 Å². The normalized spacial score (nSPS) is 10.4. The molecule has 0 aromatic heterocycles. The molecule has 1 aromatic carbocycles. The van der Waals surface area contributed by atoms with Crippen molar-refractivity contribution in [2.24, 2.45) is 0 Å². The number of carbonyl (C=O) groups is 2. The van der Waals surface area contributed by atoms with E-state index in [0.29, 0.717) is 12.2 Å². The zero-order chi connectivity index (χ0) is 15.1. The number of benzene rings is 1. The molecule has 5 nitrogen and oxygen atoms in total. The molecule has 2 amide bonds. The van der Waals surface area contributed by atoms with Crippen LogP contribution < -0.4 is 15.5 Å². The summed E-state index contributed by atoms with van der Waals surface area (Å²) >= 11 is 0. The Morgan fingerprint density at radius 1 is 1.05 bits per heavy atom. The Kier molecular flexibility index (Phi) is 6.18. The van der Waals surface area contributed by atoms with Gasteiger partial charge in [0.1, 0.15) is 0 Å². The van der Waals surface area contributed by atoms with Gasteiger partial charge in [0, 0.05) is 18.7 Å². The number of hydrogen-bond donors (Lipinski definition) is 3. The molecule has 0 radical (unpaired) electrons. The maximum atomic E-state index is 11.7. The lowest BCUT2D eigenvalue weighted by Gasteiger charge is -2.09. The molecule has 0 heterocycles. The van der Waals surface area contributed by atoms with Crippen molar-refractivity contribution in [3.8, 4) is 0 Å². The van der Waals surface area contributed by atoms with E-state index in [1.54, 1.807) is 0 Å². The number of amides is 2. The lowest BCUT2D eigenvalue weighted by atomic mass is 10.1. The molecule has 0 fully saturated rings. The van der Waals surface area contributed by atoms with Gasteiger partial charge in [-0.15, -0.1) is 0 Å². The largest absolute Gasteiger partial charge is 0.348 e. The predicted molar refractivity (Wildman–Crippen MR) is 79.9 cm³/mol. The zero-order valence-electron chi connectivity index (χ0n) is 12.7. The molecule has 0 bridgehead atoms. The fourth-order valence-corrected chi connectivity index (χ4v) is 1.96. The molecule has 1 aromatic rings. The Hall–Kier alpha value is -1.88. The first-order valence-electron chi connectivity index (χ1n) is 6.85. The predicted octanol–water partition coefficient (Wildman–Crippen LogP) is -0.107. The van der Waals surface area contributed by atoms with Crippen molar-refractivity contribution in [3.05, 3.63) is 29.3 Å². The number of quaternary nitrogens is 1. The first-order chi connectivity index (χ1) is 9.38. The Labute approximate surface area is 120 Å². The van der Waals surface area contributed by atoms with Gasteiger partial charge in [0.25, 0.3) is 0 Å². The quantitative estimate of drug-likeness (QED) is 0.520. The van der Waals surface area contributed by atoms with E-state index in [0.717, 1.165) is 24.1 Å². The van der Waals surface area contributed by atoms with Crippen molar-refractivity contribution in [1.29, 1.82) is 0 Å². The molecule has 1 rings (SSSR count). The third kappa shape index (κ3) is 5.84. The molecule has 0 aliphatic carbocycles. The average Bonchev–Trinajstić information content (AvgIpc) is 2.32. The van der Waals surface area contributed by atoms with Crippen molar-refractivity contribution in [3.63, 3.8) is 0 Å². The Morgan fingerprint density at radius 2 is 1.65 bits per heavy atom. The standard InChI is InChI=1S/C15H23N3O2/c1-11-8-12(2)10-13(9-11)17-15(20)14(19)16-6-5-7-18(3)4/h8-10H,5-7H2,1-4H3,(H,16,19)(H,17,20)/p+1. The van der Waals surface area contributed by atoms with Crippen LogP contribution in [0.25, 0.3) is 0 Å². The second-order valence-electron chi connectivity index (χ2n) is 5.40. The molecule has 5 heteroatoms. The number of aryl methyl sites for hydroxylation is 2. The van der Waals surface area contributed by atoms with Crippen LogP contribution in [0, 0.1) is 13.8 Å². The van der Waals surface area contributed by atoms with E-state index < -0.39 is 11.8 Å². The van der Waals surface area contributed by atoms with Crippen LogP contribution in [0.1, 0.15) is 17.5 Å². The second-order valence-corrected chi connectivity index (χ2v) is 5.40. The minimum atomic E-state index is -0.618. The van der Waals surface area contributed by atoms with Gasteiger partial charge in [0.15, 0.2) is 0 Å². The minimum absolute atomic E-state index is 0.518. The summed E-state index contributed by atoms with van der Waals surface area (Å²) in [5, 5.41) is 5.24. The van der Waals surface area contributed by atoms with E-state index in [-0.39, 0.29) is 0 Å². The van der Waals surface area contributed by atoms with Gasteiger partial charge in [-0.3, -0.25) is 9.59 Å². The Bertz CT molecular complexity index is 464. The Balaban J connectivity index is 2.43. The first-order valence-corrected chi connectivity index (χ1v) is 6.85. The summed E-state index contributed by atoms with van der Waals surface area (Å²) in [5.74, 6) is -1.20. The van der Waals surface area contributed by atoms with Gasteiger partial charge < -0.3 is 15.5 Å². The van der Waals surface area contributed by atoms with Gasteiger partial charge in [0.2, 0.25) is 0 Å². The van der Waals surface area contributed by atoms with E-state index >= 15 is 0 Å². The highest BCUT2D eigenvalue weighted by atomic mass is 16.2. The van der Waals surface area contributed by atoms with Crippen LogP contribution in [0.4, 0.5) is 5.69 Å². The monoisotopic (exact) mass is 278 g/mol. The molecule has 20 heavy (non-hydrogen) atoms. The second kappa shape index (κ2) is 7.65. The number of anilines is 1. The molecule has 0 aliphatic heterocycles. The lowest BCUT2D eigenvalue weighted by molar-refractivity contribution is -0.858. The topological polar surface area (TPSA) is 62.6 Å². The zero-order valence-corrected chi connectivity index (χ0v) is 12.7. The van der Waals surface area contributed by atoms with E-state index in [4.69, 9.17) is 0 Å². The van der Waals surface area contributed by atoms with Crippen molar-refractivity contribution in [1.82, 2.24) is 5.32 Å². The molecular weight excluding hydrogens is 254 g/mol. The van der Waals surface area contributed by atoms with E-state index in [1.807, 2.05) is 32.0 Å². The summed E-state index contributed by atoms with van der Waals surface area (Å²) in [4.78, 5) is 24.7. The molecule has 0 spiro atoms. The van der Waals surface area contributed by atoms with Crippen molar-refractivity contribution < 1.29 is 14.5 Å². The molecule has 0 saturated heterocycles. The molecule has 0 atom stereocenters. The molecule has 0 aliphatic rings. The van der Waals surface area contributed by atoms with Gasteiger partial charge in [-0.05, 0) is 37.1 Å². The maximum absolute atomic E-state index is 11.7. The fourth-order valence-electron chi connectivity index (χ4n) is 1.96. The highest BCUT2D eigenvalue weighted by Gasteiger charge is 2.13. The number of rotatable bonds is 5. The summed E-state index contributed by atoms with van der Waals surface area (Å²) in [6.07, 6.45) is 0.852. The third-order valence-electron chi connectivity index (χ3n) is 2.82.